The van der Waals surface area contributed by atoms with Gasteiger partial charge < -0.3 is 0 Å². The fraction of sp³-hybridized carbons (Fsp3) is 0.160. The zero-order valence-electron chi connectivity index (χ0n) is 28.6. The molecule has 0 radical (unpaired) electrons. The molecule has 4 aromatic rings. The minimum absolute atomic E-state index is 0.475. The average molecular weight is 643 g/mol. The normalized spacial score (nSPS) is 21.4. The van der Waals surface area contributed by atoms with E-state index in [2.05, 4.69) is 170 Å². The van der Waals surface area contributed by atoms with Gasteiger partial charge >= 0.3 is 0 Å². The maximum Gasteiger partial charge on any atom is 0.0122 e. The van der Waals surface area contributed by atoms with Gasteiger partial charge in [-0.25, -0.2) is 0 Å². The summed E-state index contributed by atoms with van der Waals surface area (Å²) in [7, 11) is 0. The van der Waals surface area contributed by atoms with Crippen LogP contribution in [0.5, 0.6) is 0 Å². The first kappa shape index (κ1) is 30.6. The molecule has 242 valence electrons. The molecule has 0 spiro atoms. The van der Waals surface area contributed by atoms with Gasteiger partial charge in [-0.2, -0.15) is 0 Å². The SMILES string of the molecule is C1=CCCC(C2=CC=C(c3c4ccccc4c(-c4ccc(C=CC5=CC=C(C6=CC=CC7C=CC=CC67)CC5)cc4)c4ccccc34)CC2)=C1. The molecule has 50 heavy (non-hydrogen) atoms. The number of hydrogen-bond acceptors (Lipinski definition) is 0. The quantitative estimate of drug-likeness (QED) is 0.184. The second kappa shape index (κ2) is 13.4. The lowest BCUT2D eigenvalue weighted by Gasteiger charge is -2.29. The van der Waals surface area contributed by atoms with Crippen LogP contribution in [0.2, 0.25) is 0 Å². The van der Waals surface area contributed by atoms with Crippen molar-refractivity contribution in [2.45, 2.75) is 38.5 Å². The summed E-state index contributed by atoms with van der Waals surface area (Å²) >= 11 is 0. The van der Waals surface area contributed by atoms with Crippen molar-refractivity contribution in [1.82, 2.24) is 0 Å². The topological polar surface area (TPSA) is 0 Å². The summed E-state index contributed by atoms with van der Waals surface area (Å²) in [5.74, 6) is 0.966. The molecule has 2 atom stereocenters. The number of rotatable bonds is 6. The number of benzene rings is 4. The maximum atomic E-state index is 2.40. The van der Waals surface area contributed by atoms with Crippen LogP contribution in [0, 0.1) is 11.8 Å². The van der Waals surface area contributed by atoms with Crippen molar-refractivity contribution in [1.29, 1.82) is 0 Å². The summed E-state index contributed by atoms with van der Waals surface area (Å²) in [6.45, 7) is 0. The average Bonchev–Trinajstić information content (AvgIpc) is 3.20. The van der Waals surface area contributed by atoms with Gasteiger partial charge in [0, 0.05) is 11.8 Å². The highest BCUT2D eigenvalue weighted by Gasteiger charge is 2.25. The van der Waals surface area contributed by atoms with Crippen LogP contribution in [0.3, 0.4) is 0 Å². The van der Waals surface area contributed by atoms with Crippen molar-refractivity contribution in [3.8, 4) is 11.1 Å². The predicted molar refractivity (Wildman–Crippen MR) is 216 cm³/mol. The maximum absolute atomic E-state index is 2.40. The van der Waals surface area contributed by atoms with Crippen LogP contribution >= 0.6 is 0 Å². The molecule has 5 aliphatic carbocycles. The highest BCUT2D eigenvalue weighted by atomic mass is 14.3. The molecule has 0 saturated heterocycles. The lowest BCUT2D eigenvalue weighted by atomic mass is 9.75. The molecule has 0 aliphatic heterocycles. The molecular weight excluding hydrogens is 601 g/mol. The number of allylic oxidation sites excluding steroid dienone is 21. The van der Waals surface area contributed by atoms with Crippen molar-refractivity contribution in [2.75, 3.05) is 0 Å². The van der Waals surface area contributed by atoms with Crippen molar-refractivity contribution >= 4 is 33.2 Å². The van der Waals surface area contributed by atoms with Crippen LogP contribution in [-0.4, -0.2) is 0 Å². The zero-order chi connectivity index (χ0) is 33.3. The van der Waals surface area contributed by atoms with Crippen LogP contribution in [0.25, 0.3) is 44.3 Å². The van der Waals surface area contributed by atoms with Crippen molar-refractivity contribution < 1.29 is 0 Å². The Hall–Kier alpha value is -5.46. The first-order valence-corrected chi connectivity index (χ1v) is 18.4. The van der Waals surface area contributed by atoms with Crippen LogP contribution in [0.15, 0.2) is 192 Å². The minimum Gasteiger partial charge on any atom is -0.0842 e. The van der Waals surface area contributed by atoms with Gasteiger partial charge in [0.1, 0.15) is 0 Å². The molecule has 0 heteroatoms. The minimum atomic E-state index is 0.475. The Morgan fingerprint density at radius 3 is 1.78 bits per heavy atom. The van der Waals surface area contributed by atoms with Gasteiger partial charge in [0.05, 0.1) is 0 Å². The van der Waals surface area contributed by atoms with Gasteiger partial charge in [0.15, 0.2) is 0 Å². The predicted octanol–water partition coefficient (Wildman–Crippen LogP) is 13.6. The molecule has 0 fully saturated rings. The van der Waals surface area contributed by atoms with Crippen LogP contribution in [0.4, 0.5) is 0 Å². The van der Waals surface area contributed by atoms with E-state index in [-0.39, 0.29) is 0 Å². The molecule has 0 nitrogen and oxygen atoms in total. The van der Waals surface area contributed by atoms with Crippen LogP contribution < -0.4 is 0 Å². The molecule has 2 unspecified atom stereocenters. The molecule has 4 aromatic carbocycles. The highest BCUT2D eigenvalue weighted by Crippen LogP contribution is 2.44. The molecule has 9 rings (SSSR count). The number of fused-ring (bicyclic) bond motifs is 3. The molecular formula is C50H42. The lowest BCUT2D eigenvalue weighted by molar-refractivity contribution is 0.622. The summed E-state index contributed by atoms with van der Waals surface area (Å²) in [6, 6.07) is 27.3. The summed E-state index contributed by atoms with van der Waals surface area (Å²) in [5.41, 5.74) is 14.0. The Balaban J connectivity index is 1.01. The van der Waals surface area contributed by atoms with Gasteiger partial charge in [-0.1, -0.05) is 170 Å². The molecule has 0 N–H and O–H groups in total. The van der Waals surface area contributed by atoms with Crippen molar-refractivity contribution in [2.24, 2.45) is 11.8 Å². The highest BCUT2D eigenvalue weighted by molar-refractivity contribution is 6.18. The Labute approximate surface area is 296 Å². The second-order valence-corrected chi connectivity index (χ2v) is 14.2. The molecule has 0 amide bonds. The lowest BCUT2D eigenvalue weighted by Crippen LogP contribution is -2.17. The Morgan fingerprint density at radius 2 is 1.10 bits per heavy atom. The summed E-state index contributed by atoms with van der Waals surface area (Å²) in [5, 5.41) is 5.34. The third-order valence-corrected chi connectivity index (χ3v) is 11.2. The first-order chi connectivity index (χ1) is 24.8. The van der Waals surface area contributed by atoms with Gasteiger partial charge in [-0.3, -0.25) is 0 Å². The van der Waals surface area contributed by atoms with E-state index < -0.39 is 0 Å². The van der Waals surface area contributed by atoms with Crippen molar-refractivity contribution in [3.05, 3.63) is 203 Å². The van der Waals surface area contributed by atoms with E-state index >= 15 is 0 Å². The monoisotopic (exact) mass is 642 g/mol. The van der Waals surface area contributed by atoms with Gasteiger partial charge in [-0.15, -0.1) is 0 Å². The Morgan fingerprint density at radius 1 is 0.460 bits per heavy atom. The summed E-state index contributed by atoms with van der Waals surface area (Å²) in [4.78, 5) is 0. The molecule has 0 bridgehead atoms. The zero-order valence-corrected chi connectivity index (χ0v) is 28.6. The fourth-order valence-corrected chi connectivity index (χ4v) is 8.60. The molecule has 0 saturated carbocycles. The van der Waals surface area contributed by atoms with E-state index in [4.69, 9.17) is 0 Å². The second-order valence-electron chi connectivity index (χ2n) is 14.2. The van der Waals surface area contributed by atoms with E-state index in [0.29, 0.717) is 11.8 Å². The Bertz CT molecular complexity index is 2290. The fourth-order valence-electron chi connectivity index (χ4n) is 8.60. The molecule has 0 heterocycles. The van der Waals surface area contributed by atoms with E-state index in [1.165, 1.54) is 77.2 Å². The van der Waals surface area contributed by atoms with E-state index in [9.17, 15) is 0 Å². The van der Waals surface area contributed by atoms with E-state index in [0.717, 1.165) is 38.5 Å². The third-order valence-electron chi connectivity index (χ3n) is 11.2. The first-order valence-electron chi connectivity index (χ1n) is 18.4. The molecule has 5 aliphatic rings. The van der Waals surface area contributed by atoms with Crippen LogP contribution in [-0.2, 0) is 0 Å². The van der Waals surface area contributed by atoms with Crippen LogP contribution in [0.1, 0.15) is 49.7 Å². The summed E-state index contributed by atoms with van der Waals surface area (Å²) < 4.78 is 0. The summed E-state index contributed by atoms with van der Waals surface area (Å²) in [6.07, 6.45) is 43.4. The van der Waals surface area contributed by atoms with Gasteiger partial charge in [0.2, 0.25) is 0 Å². The van der Waals surface area contributed by atoms with Gasteiger partial charge in [0.25, 0.3) is 0 Å². The Kier molecular flexibility index (Phi) is 8.23. The standard InChI is InChI=1S/C50H42/c1-2-11-37(12-3-1)38-31-33-42(34-32-38)50-47-18-8-6-16-45(47)49(46-17-7-9-19-48(46)50)41-29-25-36(26-30-41)22-21-35-23-27-40(28-24-35)44-20-10-14-39-13-4-5-15-43(39)44/h1-2,4-11,13-23,25-27,29-31,33,39,43H,3,12,24,28,32,34H2. The smallest absolute Gasteiger partial charge is 0.0122 e. The third kappa shape index (κ3) is 5.80. The van der Waals surface area contributed by atoms with Crippen molar-refractivity contribution in [3.63, 3.8) is 0 Å². The molecule has 0 aromatic heterocycles. The van der Waals surface area contributed by atoms with E-state index in [1.54, 1.807) is 0 Å². The van der Waals surface area contributed by atoms with Gasteiger partial charge in [-0.05, 0) is 116 Å². The number of hydrogen-bond donors (Lipinski definition) is 0. The largest absolute Gasteiger partial charge is 0.0842 e. The van der Waals surface area contributed by atoms with E-state index in [1.807, 2.05) is 0 Å².